The van der Waals surface area contributed by atoms with Gasteiger partial charge in [-0.2, -0.15) is 0 Å². The van der Waals surface area contributed by atoms with Crippen LogP contribution in [0.3, 0.4) is 0 Å². The quantitative estimate of drug-likeness (QED) is 0.804. The largest absolute Gasteiger partial charge is 0.363 e. The third-order valence-corrected chi connectivity index (χ3v) is 2.88. The maximum atomic E-state index is 11.8. The summed E-state index contributed by atoms with van der Waals surface area (Å²) in [7, 11) is 0. The van der Waals surface area contributed by atoms with Gasteiger partial charge in [0.1, 0.15) is 0 Å². The Morgan fingerprint density at radius 1 is 1.28 bits per heavy atom. The van der Waals surface area contributed by atoms with Crippen LogP contribution >= 0.6 is 0 Å². The van der Waals surface area contributed by atoms with Gasteiger partial charge in [0, 0.05) is 18.8 Å². The minimum atomic E-state index is 0.0985. The molecule has 1 aromatic rings. The van der Waals surface area contributed by atoms with Crippen molar-refractivity contribution in [3.05, 3.63) is 30.3 Å². The van der Waals surface area contributed by atoms with Gasteiger partial charge < -0.3 is 10.2 Å². The molecule has 3 heteroatoms. The molecule has 1 rings (SSSR count). The Labute approximate surface area is 110 Å². The van der Waals surface area contributed by atoms with Crippen LogP contribution in [0.1, 0.15) is 27.2 Å². The summed E-state index contributed by atoms with van der Waals surface area (Å²) in [5.41, 5.74) is 1.10. The minimum absolute atomic E-state index is 0.0985. The van der Waals surface area contributed by atoms with Gasteiger partial charge in [-0.1, -0.05) is 32.0 Å². The lowest BCUT2D eigenvalue weighted by Gasteiger charge is -2.22. The molecule has 3 nitrogen and oxygen atoms in total. The maximum absolute atomic E-state index is 11.8. The van der Waals surface area contributed by atoms with Crippen molar-refractivity contribution < 1.29 is 4.79 Å². The molecule has 0 atom stereocenters. The van der Waals surface area contributed by atoms with E-state index in [1.807, 2.05) is 30.3 Å². The van der Waals surface area contributed by atoms with Crippen LogP contribution in [0.2, 0.25) is 0 Å². The Hall–Kier alpha value is -1.51. The summed E-state index contributed by atoms with van der Waals surface area (Å²) in [6.45, 7) is 8.42. The van der Waals surface area contributed by atoms with E-state index in [1.165, 1.54) is 0 Å². The highest BCUT2D eigenvalue weighted by Crippen LogP contribution is 2.11. The number of carbonyl (C=O) groups is 1. The van der Waals surface area contributed by atoms with Crippen molar-refractivity contribution in [2.24, 2.45) is 5.92 Å². The van der Waals surface area contributed by atoms with Crippen LogP contribution in [0.15, 0.2) is 30.3 Å². The SMILES string of the molecule is CCN(CC(=O)NCCC(C)C)c1ccccc1. The highest BCUT2D eigenvalue weighted by atomic mass is 16.2. The zero-order chi connectivity index (χ0) is 13.4. The molecule has 1 amide bonds. The molecular weight excluding hydrogens is 224 g/mol. The molecule has 0 aliphatic heterocycles. The van der Waals surface area contributed by atoms with E-state index in [9.17, 15) is 4.79 Å². The Morgan fingerprint density at radius 2 is 1.94 bits per heavy atom. The number of hydrogen-bond donors (Lipinski definition) is 1. The van der Waals surface area contributed by atoms with E-state index in [-0.39, 0.29) is 5.91 Å². The van der Waals surface area contributed by atoms with Crippen LogP contribution < -0.4 is 10.2 Å². The smallest absolute Gasteiger partial charge is 0.239 e. The molecule has 0 saturated heterocycles. The zero-order valence-corrected chi connectivity index (χ0v) is 11.6. The van der Waals surface area contributed by atoms with Crippen molar-refractivity contribution >= 4 is 11.6 Å². The van der Waals surface area contributed by atoms with E-state index in [0.717, 1.165) is 25.2 Å². The zero-order valence-electron chi connectivity index (χ0n) is 11.6. The first-order valence-electron chi connectivity index (χ1n) is 6.70. The van der Waals surface area contributed by atoms with Gasteiger partial charge in [-0.15, -0.1) is 0 Å². The van der Waals surface area contributed by atoms with E-state index < -0.39 is 0 Å². The summed E-state index contributed by atoms with van der Waals surface area (Å²) in [4.78, 5) is 13.9. The van der Waals surface area contributed by atoms with Crippen molar-refractivity contribution in [2.75, 3.05) is 24.5 Å². The summed E-state index contributed by atoms with van der Waals surface area (Å²) < 4.78 is 0. The predicted octanol–water partition coefficient (Wildman–Crippen LogP) is 2.68. The number of hydrogen-bond acceptors (Lipinski definition) is 2. The number of para-hydroxylation sites is 1. The van der Waals surface area contributed by atoms with Gasteiger partial charge in [-0.25, -0.2) is 0 Å². The fraction of sp³-hybridized carbons (Fsp3) is 0.533. The van der Waals surface area contributed by atoms with Gasteiger partial charge in [0.15, 0.2) is 0 Å². The third-order valence-electron chi connectivity index (χ3n) is 2.88. The van der Waals surface area contributed by atoms with Crippen LogP contribution in [0, 0.1) is 5.92 Å². The number of anilines is 1. The number of rotatable bonds is 7. The first-order valence-corrected chi connectivity index (χ1v) is 6.70. The molecule has 0 heterocycles. The van der Waals surface area contributed by atoms with Gasteiger partial charge in [0.05, 0.1) is 6.54 Å². The van der Waals surface area contributed by atoms with Crippen LogP contribution in [-0.4, -0.2) is 25.5 Å². The van der Waals surface area contributed by atoms with Crippen molar-refractivity contribution in [3.63, 3.8) is 0 Å². The van der Waals surface area contributed by atoms with Crippen molar-refractivity contribution in [1.82, 2.24) is 5.32 Å². The van der Waals surface area contributed by atoms with Gasteiger partial charge in [-0.3, -0.25) is 4.79 Å². The van der Waals surface area contributed by atoms with E-state index in [4.69, 9.17) is 0 Å². The van der Waals surface area contributed by atoms with Gasteiger partial charge in [0.2, 0.25) is 5.91 Å². The Kier molecular flexibility index (Phi) is 6.26. The van der Waals surface area contributed by atoms with Crippen LogP contribution in [0.5, 0.6) is 0 Å². The monoisotopic (exact) mass is 248 g/mol. The number of likely N-dealkylation sites (N-methyl/N-ethyl adjacent to an activating group) is 1. The molecule has 1 N–H and O–H groups in total. The highest BCUT2D eigenvalue weighted by molar-refractivity contribution is 5.81. The Bertz CT molecular complexity index is 349. The van der Waals surface area contributed by atoms with E-state index in [2.05, 4.69) is 31.0 Å². The lowest BCUT2D eigenvalue weighted by Crippen LogP contribution is -2.37. The van der Waals surface area contributed by atoms with Gasteiger partial charge >= 0.3 is 0 Å². The molecule has 0 radical (unpaired) electrons. The highest BCUT2D eigenvalue weighted by Gasteiger charge is 2.09. The first-order chi connectivity index (χ1) is 8.63. The molecule has 0 aliphatic carbocycles. The molecule has 0 fully saturated rings. The van der Waals surface area contributed by atoms with Crippen LogP contribution in [0.25, 0.3) is 0 Å². The predicted molar refractivity (Wildman–Crippen MR) is 76.8 cm³/mol. The van der Waals surface area contributed by atoms with E-state index in [0.29, 0.717) is 12.5 Å². The number of nitrogens with zero attached hydrogens (tertiary/aromatic N) is 1. The Morgan fingerprint density at radius 3 is 2.50 bits per heavy atom. The second kappa shape index (κ2) is 7.75. The second-order valence-electron chi connectivity index (χ2n) is 4.88. The molecule has 0 saturated carbocycles. The van der Waals surface area contributed by atoms with Gasteiger partial charge in [-0.05, 0) is 31.4 Å². The molecule has 1 aromatic carbocycles. The molecule has 100 valence electrons. The molecule has 0 unspecified atom stereocenters. The van der Waals surface area contributed by atoms with Crippen LogP contribution in [-0.2, 0) is 4.79 Å². The fourth-order valence-corrected chi connectivity index (χ4v) is 1.75. The topological polar surface area (TPSA) is 32.3 Å². The number of amides is 1. The van der Waals surface area contributed by atoms with Crippen molar-refractivity contribution in [3.8, 4) is 0 Å². The lowest BCUT2D eigenvalue weighted by atomic mass is 10.1. The normalized spacial score (nSPS) is 10.4. The minimum Gasteiger partial charge on any atom is -0.363 e. The third kappa shape index (κ3) is 5.21. The molecule has 0 spiro atoms. The Balaban J connectivity index is 2.41. The number of carbonyl (C=O) groups excluding carboxylic acids is 1. The second-order valence-corrected chi connectivity index (χ2v) is 4.88. The fourth-order valence-electron chi connectivity index (χ4n) is 1.75. The number of nitrogens with one attached hydrogen (secondary N) is 1. The summed E-state index contributed by atoms with van der Waals surface area (Å²) in [6, 6.07) is 10.0. The van der Waals surface area contributed by atoms with E-state index in [1.54, 1.807) is 0 Å². The molecule has 0 aliphatic rings. The standard InChI is InChI=1S/C15H24N2O/c1-4-17(14-8-6-5-7-9-14)12-15(18)16-11-10-13(2)3/h5-9,13H,4,10-12H2,1-3H3,(H,16,18). The summed E-state index contributed by atoms with van der Waals surface area (Å²) >= 11 is 0. The number of benzene rings is 1. The first kappa shape index (κ1) is 14.6. The van der Waals surface area contributed by atoms with Crippen molar-refractivity contribution in [1.29, 1.82) is 0 Å². The average molecular weight is 248 g/mol. The molecule has 0 bridgehead atoms. The van der Waals surface area contributed by atoms with Crippen LogP contribution in [0.4, 0.5) is 5.69 Å². The summed E-state index contributed by atoms with van der Waals surface area (Å²) in [5.74, 6) is 0.725. The lowest BCUT2D eigenvalue weighted by molar-refractivity contribution is -0.119. The molecule has 0 aromatic heterocycles. The average Bonchev–Trinajstić information content (AvgIpc) is 2.36. The molecular formula is C15H24N2O. The maximum Gasteiger partial charge on any atom is 0.239 e. The summed E-state index contributed by atoms with van der Waals surface area (Å²) in [5, 5.41) is 2.97. The van der Waals surface area contributed by atoms with Crippen molar-refractivity contribution in [2.45, 2.75) is 27.2 Å². The summed E-state index contributed by atoms with van der Waals surface area (Å²) in [6.07, 6.45) is 1.03. The van der Waals surface area contributed by atoms with E-state index >= 15 is 0 Å². The van der Waals surface area contributed by atoms with Gasteiger partial charge in [0.25, 0.3) is 0 Å². The molecule has 18 heavy (non-hydrogen) atoms.